The standard InChI is InChI=1S/C27H32BrN5O3/c1-6-7-8-12-36-25-20(28)13-19(14-22(25)35-5)24-23(18(4)31-27-29-15-30-33(24)27)26(34)32-21-11-9-10-16(2)17(21)3/h9-11,13-15,24H,6-8,12H2,1-5H3,(H,32,34)(H,29,30,31). The monoisotopic (exact) mass is 553 g/mol. The fourth-order valence-electron chi connectivity index (χ4n) is 4.33. The van der Waals surface area contributed by atoms with Gasteiger partial charge in [-0.25, -0.2) is 4.68 Å². The van der Waals surface area contributed by atoms with Gasteiger partial charge < -0.3 is 20.1 Å². The van der Waals surface area contributed by atoms with Gasteiger partial charge in [0, 0.05) is 11.4 Å². The normalized spacial score (nSPS) is 14.8. The van der Waals surface area contributed by atoms with Crippen molar-refractivity contribution in [2.45, 2.75) is 53.0 Å². The maximum Gasteiger partial charge on any atom is 0.255 e. The number of carbonyl (C=O) groups excluding carboxylic acids is 1. The lowest BCUT2D eigenvalue weighted by molar-refractivity contribution is -0.113. The number of nitrogens with one attached hydrogen (secondary N) is 2. The van der Waals surface area contributed by atoms with Crippen molar-refractivity contribution in [3.63, 3.8) is 0 Å². The Balaban J connectivity index is 1.74. The van der Waals surface area contributed by atoms with Crippen LogP contribution < -0.4 is 20.1 Å². The van der Waals surface area contributed by atoms with Gasteiger partial charge in [-0.2, -0.15) is 10.1 Å². The van der Waals surface area contributed by atoms with E-state index in [1.54, 1.807) is 11.8 Å². The number of ether oxygens (including phenoxy) is 2. The third kappa shape index (κ3) is 5.11. The second kappa shape index (κ2) is 11.2. The SMILES string of the molecule is CCCCCOc1c(Br)cc(C2C(C(=O)Nc3cccc(C)c3C)=C(C)Nc3ncnn32)cc1OC. The summed E-state index contributed by atoms with van der Waals surface area (Å²) in [5.74, 6) is 1.58. The van der Waals surface area contributed by atoms with E-state index < -0.39 is 6.04 Å². The number of benzene rings is 2. The van der Waals surface area contributed by atoms with E-state index >= 15 is 0 Å². The smallest absolute Gasteiger partial charge is 0.255 e. The number of halogens is 1. The average Bonchev–Trinajstić information content (AvgIpc) is 3.32. The summed E-state index contributed by atoms with van der Waals surface area (Å²) in [7, 11) is 1.61. The molecule has 1 aliphatic rings. The van der Waals surface area contributed by atoms with Crippen molar-refractivity contribution in [3.8, 4) is 11.5 Å². The summed E-state index contributed by atoms with van der Waals surface area (Å²) >= 11 is 3.67. The van der Waals surface area contributed by atoms with Crippen LogP contribution in [0.4, 0.5) is 11.6 Å². The van der Waals surface area contributed by atoms with Crippen molar-refractivity contribution in [2.75, 3.05) is 24.4 Å². The van der Waals surface area contributed by atoms with E-state index in [2.05, 4.69) is 43.6 Å². The molecule has 1 aromatic heterocycles. The molecule has 0 spiro atoms. The molecule has 1 aliphatic heterocycles. The minimum absolute atomic E-state index is 0.213. The van der Waals surface area contributed by atoms with Crippen LogP contribution in [0.1, 0.15) is 55.8 Å². The number of methoxy groups -OCH3 is 1. The molecule has 2 aromatic carbocycles. The molecule has 4 rings (SSSR count). The second-order valence-corrected chi connectivity index (χ2v) is 9.74. The number of fused-ring (bicyclic) bond motifs is 1. The van der Waals surface area contributed by atoms with E-state index in [0.29, 0.717) is 35.3 Å². The number of aryl methyl sites for hydroxylation is 1. The fourth-order valence-corrected chi connectivity index (χ4v) is 4.91. The molecule has 1 unspecified atom stereocenters. The van der Waals surface area contributed by atoms with Gasteiger partial charge in [0.1, 0.15) is 12.4 Å². The lowest BCUT2D eigenvalue weighted by Gasteiger charge is -2.29. The Hall–Kier alpha value is -3.33. The number of amides is 1. The quantitative estimate of drug-likeness (QED) is 0.308. The molecule has 190 valence electrons. The van der Waals surface area contributed by atoms with E-state index in [4.69, 9.17) is 9.47 Å². The van der Waals surface area contributed by atoms with Crippen LogP contribution >= 0.6 is 15.9 Å². The van der Waals surface area contributed by atoms with Gasteiger partial charge in [-0.05, 0) is 78.0 Å². The Kier molecular flexibility index (Phi) is 7.98. The molecule has 0 radical (unpaired) electrons. The lowest BCUT2D eigenvalue weighted by atomic mass is 9.94. The van der Waals surface area contributed by atoms with Crippen molar-refractivity contribution in [1.29, 1.82) is 0 Å². The number of allylic oxidation sites excluding steroid dienone is 1. The van der Waals surface area contributed by atoms with Crippen LogP contribution in [0.2, 0.25) is 0 Å². The fraction of sp³-hybridized carbons (Fsp3) is 0.370. The van der Waals surface area contributed by atoms with Crippen molar-refractivity contribution in [2.24, 2.45) is 0 Å². The maximum absolute atomic E-state index is 13.7. The number of anilines is 2. The van der Waals surface area contributed by atoms with Gasteiger partial charge in [0.05, 0.1) is 23.8 Å². The lowest BCUT2D eigenvalue weighted by Crippen LogP contribution is -2.31. The van der Waals surface area contributed by atoms with E-state index in [-0.39, 0.29) is 5.91 Å². The van der Waals surface area contributed by atoms with E-state index in [9.17, 15) is 4.79 Å². The van der Waals surface area contributed by atoms with Crippen LogP contribution in [0.25, 0.3) is 0 Å². The third-order valence-corrected chi connectivity index (χ3v) is 7.04. The van der Waals surface area contributed by atoms with Crippen LogP contribution in [0.3, 0.4) is 0 Å². The van der Waals surface area contributed by atoms with Crippen LogP contribution in [0.5, 0.6) is 11.5 Å². The van der Waals surface area contributed by atoms with Gasteiger partial charge in [-0.1, -0.05) is 31.9 Å². The third-order valence-electron chi connectivity index (χ3n) is 6.45. The van der Waals surface area contributed by atoms with Gasteiger partial charge in [0.2, 0.25) is 5.95 Å². The molecule has 1 atom stereocenters. The molecule has 0 bridgehead atoms. The Morgan fingerprint density at radius 3 is 2.78 bits per heavy atom. The van der Waals surface area contributed by atoms with Crippen molar-refractivity contribution in [1.82, 2.24) is 14.8 Å². The van der Waals surface area contributed by atoms with E-state index in [1.807, 2.05) is 51.1 Å². The van der Waals surface area contributed by atoms with Crippen LogP contribution in [-0.4, -0.2) is 34.4 Å². The summed E-state index contributed by atoms with van der Waals surface area (Å²) in [6.45, 7) is 8.66. The zero-order valence-corrected chi connectivity index (χ0v) is 22.9. The zero-order valence-electron chi connectivity index (χ0n) is 21.3. The highest BCUT2D eigenvalue weighted by atomic mass is 79.9. The molecule has 2 N–H and O–H groups in total. The van der Waals surface area contributed by atoms with Gasteiger partial charge in [-0.15, -0.1) is 0 Å². The van der Waals surface area contributed by atoms with Crippen LogP contribution in [0.15, 0.2) is 52.4 Å². The summed E-state index contributed by atoms with van der Waals surface area (Å²) in [5.41, 5.74) is 4.98. The molecule has 2 heterocycles. The van der Waals surface area contributed by atoms with Crippen molar-refractivity contribution in [3.05, 3.63) is 69.1 Å². The Morgan fingerprint density at radius 2 is 2.03 bits per heavy atom. The first-order chi connectivity index (χ1) is 17.3. The summed E-state index contributed by atoms with van der Waals surface area (Å²) in [5, 5.41) is 10.8. The molecule has 0 saturated carbocycles. The molecule has 0 saturated heterocycles. The number of nitrogens with zero attached hydrogens (tertiary/aromatic N) is 3. The summed E-state index contributed by atoms with van der Waals surface area (Å²) < 4.78 is 14.2. The van der Waals surface area contributed by atoms with Gasteiger partial charge >= 0.3 is 0 Å². The topological polar surface area (TPSA) is 90.3 Å². The molecule has 0 aliphatic carbocycles. The summed E-state index contributed by atoms with van der Waals surface area (Å²) in [6.07, 6.45) is 4.67. The molecule has 36 heavy (non-hydrogen) atoms. The Morgan fingerprint density at radius 1 is 1.22 bits per heavy atom. The number of hydrogen-bond acceptors (Lipinski definition) is 6. The second-order valence-electron chi connectivity index (χ2n) is 8.89. The highest BCUT2D eigenvalue weighted by Crippen LogP contribution is 2.43. The van der Waals surface area contributed by atoms with Gasteiger partial charge in [0.15, 0.2) is 11.5 Å². The molecular formula is C27H32BrN5O3. The van der Waals surface area contributed by atoms with Crippen LogP contribution in [-0.2, 0) is 4.79 Å². The minimum Gasteiger partial charge on any atom is -0.493 e. The molecule has 1 amide bonds. The molecule has 9 heteroatoms. The van der Waals surface area contributed by atoms with Gasteiger partial charge in [0.25, 0.3) is 5.91 Å². The predicted octanol–water partition coefficient (Wildman–Crippen LogP) is 6.16. The first kappa shape index (κ1) is 25.8. The molecule has 0 fully saturated rings. The number of carbonyl (C=O) groups is 1. The molecule has 3 aromatic rings. The Labute approximate surface area is 220 Å². The molecular weight excluding hydrogens is 522 g/mol. The molecule has 8 nitrogen and oxygen atoms in total. The highest BCUT2D eigenvalue weighted by Gasteiger charge is 2.34. The maximum atomic E-state index is 13.7. The number of hydrogen-bond donors (Lipinski definition) is 2. The number of rotatable bonds is 9. The summed E-state index contributed by atoms with van der Waals surface area (Å²) in [4.78, 5) is 18.1. The average molecular weight is 554 g/mol. The number of unbranched alkanes of at least 4 members (excludes halogenated alkanes) is 2. The van der Waals surface area contributed by atoms with Crippen molar-refractivity contribution < 1.29 is 14.3 Å². The largest absolute Gasteiger partial charge is 0.493 e. The first-order valence-electron chi connectivity index (χ1n) is 12.1. The number of aromatic nitrogens is 3. The minimum atomic E-state index is -0.520. The van der Waals surface area contributed by atoms with Crippen LogP contribution in [0, 0.1) is 13.8 Å². The zero-order chi connectivity index (χ0) is 25.8. The highest BCUT2D eigenvalue weighted by molar-refractivity contribution is 9.10. The summed E-state index contributed by atoms with van der Waals surface area (Å²) in [6, 6.07) is 9.21. The Bertz CT molecular complexity index is 1300. The predicted molar refractivity (Wildman–Crippen MR) is 145 cm³/mol. The van der Waals surface area contributed by atoms with E-state index in [0.717, 1.165) is 46.1 Å². The van der Waals surface area contributed by atoms with Crippen molar-refractivity contribution >= 4 is 33.5 Å². The van der Waals surface area contributed by atoms with Gasteiger partial charge in [-0.3, -0.25) is 4.79 Å². The van der Waals surface area contributed by atoms with E-state index in [1.165, 1.54) is 6.33 Å². The first-order valence-corrected chi connectivity index (χ1v) is 12.9.